The zero-order valence-electron chi connectivity index (χ0n) is 12.8. The molecule has 0 fully saturated rings. The number of carbonyl (C=O) groups excluding carboxylic acids is 1. The second-order valence-corrected chi connectivity index (χ2v) is 6.49. The molecule has 1 heterocycles. The topological polar surface area (TPSA) is 67.8 Å². The van der Waals surface area contributed by atoms with Gasteiger partial charge in [0.15, 0.2) is 11.5 Å². The molecule has 1 aliphatic rings. The van der Waals surface area contributed by atoms with Crippen molar-refractivity contribution in [3.05, 3.63) is 57.6 Å². The number of nitrogens with one attached hydrogen (secondary N) is 1. The van der Waals surface area contributed by atoms with Gasteiger partial charge in [-0.3, -0.25) is 4.79 Å². The Morgan fingerprint density at radius 2 is 1.96 bits per heavy atom. The van der Waals surface area contributed by atoms with Gasteiger partial charge in [-0.2, -0.15) is 0 Å². The van der Waals surface area contributed by atoms with Crippen LogP contribution in [0.4, 0.5) is 0 Å². The van der Waals surface area contributed by atoms with Crippen LogP contribution in [0.5, 0.6) is 11.5 Å². The second kappa shape index (κ2) is 6.51. The van der Waals surface area contributed by atoms with Crippen LogP contribution >= 0.6 is 23.2 Å². The number of rotatable bonds is 4. The Bertz CT molecular complexity index is 792. The first kappa shape index (κ1) is 16.9. The predicted octanol–water partition coefficient (Wildman–Crippen LogP) is 3.36. The van der Waals surface area contributed by atoms with Crippen molar-refractivity contribution in [2.24, 2.45) is 0 Å². The van der Waals surface area contributed by atoms with Gasteiger partial charge in [-0.1, -0.05) is 29.3 Å². The molecule has 1 unspecified atom stereocenters. The SMILES string of the molecule is CC(O)(CNC(=O)c1ccc(Cl)cc1Cl)c1ccc2c(c1)OCO2. The van der Waals surface area contributed by atoms with Crippen LogP contribution in [0, 0.1) is 0 Å². The molecule has 2 aromatic rings. The van der Waals surface area contributed by atoms with E-state index in [1.165, 1.54) is 12.1 Å². The van der Waals surface area contributed by atoms with Crippen molar-refractivity contribution in [3.8, 4) is 11.5 Å². The number of benzene rings is 2. The van der Waals surface area contributed by atoms with Crippen LogP contribution in [0.3, 0.4) is 0 Å². The molecule has 0 saturated heterocycles. The summed E-state index contributed by atoms with van der Waals surface area (Å²) in [6.07, 6.45) is 0. The average Bonchev–Trinajstić information content (AvgIpc) is 3.00. The number of aliphatic hydroxyl groups is 1. The van der Waals surface area contributed by atoms with Crippen LogP contribution in [-0.2, 0) is 5.60 Å². The van der Waals surface area contributed by atoms with Gasteiger partial charge in [-0.25, -0.2) is 0 Å². The number of hydrogen-bond donors (Lipinski definition) is 2. The van der Waals surface area contributed by atoms with E-state index in [0.717, 1.165) is 0 Å². The Labute approximate surface area is 149 Å². The van der Waals surface area contributed by atoms with Gasteiger partial charge in [0, 0.05) is 5.02 Å². The lowest BCUT2D eigenvalue weighted by Crippen LogP contribution is -2.38. The molecule has 0 saturated carbocycles. The number of amides is 1. The molecule has 5 nitrogen and oxygen atoms in total. The van der Waals surface area contributed by atoms with Gasteiger partial charge in [-0.05, 0) is 42.8 Å². The van der Waals surface area contributed by atoms with Gasteiger partial charge in [0.1, 0.15) is 5.60 Å². The minimum atomic E-state index is -1.28. The summed E-state index contributed by atoms with van der Waals surface area (Å²) < 4.78 is 10.6. The highest BCUT2D eigenvalue weighted by Gasteiger charge is 2.27. The lowest BCUT2D eigenvalue weighted by atomic mass is 9.95. The summed E-state index contributed by atoms with van der Waals surface area (Å²) in [6, 6.07) is 9.77. The Morgan fingerprint density at radius 1 is 1.21 bits per heavy atom. The number of carbonyl (C=O) groups is 1. The van der Waals surface area contributed by atoms with Gasteiger partial charge in [0.2, 0.25) is 6.79 Å². The normalized spacial score (nSPS) is 15.0. The molecule has 7 heteroatoms. The molecule has 126 valence electrons. The summed E-state index contributed by atoms with van der Waals surface area (Å²) in [4.78, 5) is 12.2. The van der Waals surface area contributed by atoms with Gasteiger partial charge in [0.25, 0.3) is 5.91 Å². The average molecular weight is 368 g/mol. The number of fused-ring (bicyclic) bond motifs is 1. The molecule has 2 aromatic carbocycles. The summed E-state index contributed by atoms with van der Waals surface area (Å²) >= 11 is 11.8. The first-order valence-corrected chi connectivity index (χ1v) is 7.98. The fourth-order valence-corrected chi connectivity index (χ4v) is 2.85. The highest BCUT2D eigenvalue weighted by Crippen LogP contribution is 2.35. The molecule has 1 amide bonds. The van der Waals surface area contributed by atoms with Crippen molar-refractivity contribution in [2.75, 3.05) is 13.3 Å². The molecule has 24 heavy (non-hydrogen) atoms. The van der Waals surface area contributed by atoms with E-state index < -0.39 is 11.5 Å². The van der Waals surface area contributed by atoms with Crippen molar-refractivity contribution < 1.29 is 19.4 Å². The van der Waals surface area contributed by atoms with Gasteiger partial charge in [-0.15, -0.1) is 0 Å². The maximum atomic E-state index is 12.2. The third-order valence-electron chi connectivity index (χ3n) is 3.76. The lowest BCUT2D eigenvalue weighted by Gasteiger charge is -2.24. The highest BCUT2D eigenvalue weighted by molar-refractivity contribution is 6.36. The van der Waals surface area contributed by atoms with Crippen molar-refractivity contribution in [3.63, 3.8) is 0 Å². The monoisotopic (exact) mass is 367 g/mol. The number of ether oxygens (including phenoxy) is 2. The quantitative estimate of drug-likeness (QED) is 0.869. The van der Waals surface area contributed by atoms with Gasteiger partial charge in [0.05, 0.1) is 17.1 Å². The minimum absolute atomic E-state index is 0.00440. The molecule has 0 aromatic heterocycles. The van der Waals surface area contributed by atoms with Crippen LogP contribution < -0.4 is 14.8 Å². The standard InChI is InChI=1S/C17H15Cl2NO4/c1-17(22,10-2-5-14-15(6-10)24-9-23-14)8-20-16(21)12-4-3-11(18)7-13(12)19/h2-7,22H,8-9H2,1H3,(H,20,21). The van der Waals surface area contributed by atoms with E-state index in [1.54, 1.807) is 31.2 Å². The molecule has 3 rings (SSSR count). The molecule has 0 bridgehead atoms. The fraction of sp³-hybridized carbons (Fsp3) is 0.235. The van der Waals surface area contributed by atoms with Crippen LogP contribution in [-0.4, -0.2) is 24.4 Å². The fourth-order valence-electron chi connectivity index (χ4n) is 2.35. The van der Waals surface area contributed by atoms with Crippen LogP contribution in [0.25, 0.3) is 0 Å². The van der Waals surface area contributed by atoms with Gasteiger partial charge < -0.3 is 19.9 Å². The van der Waals surface area contributed by atoms with Crippen molar-refractivity contribution in [2.45, 2.75) is 12.5 Å². The first-order valence-electron chi connectivity index (χ1n) is 7.22. The van der Waals surface area contributed by atoms with Crippen LogP contribution in [0.1, 0.15) is 22.8 Å². The molecule has 1 aliphatic heterocycles. The maximum absolute atomic E-state index is 12.2. The van der Waals surface area contributed by atoms with Crippen LogP contribution in [0.2, 0.25) is 10.0 Å². The van der Waals surface area contributed by atoms with E-state index in [4.69, 9.17) is 32.7 Å². The summed E-state index contributed by atoms with van der Waals surface area (Å²) in [5.74, 6) is 0.809. The molecular formula is C17H15Cl2NO4. The predicted molar refractivity (Wildman–Crippen MR) is 90.9 cm³/mol. The maximum Gasteiger partial charge on any atom is 0.252 e. The van der Waals surface area contributed by atoms with E-state index in [9.17, 15) is 9.90 Å². The van der Waals surface area contributed by atoms with Crippen molar-refractivity contribution in [1.29, 1.82) is 0 Å². The third-order valence-corrected chi connectivity index (χ3v) is 4.31. The van der Waals surface area contributed by atoms with E-state index >= 15 is 0 Å². The Morgan fingerprint density at radius 3 is 2.71 bits per heavy atom. The third kappa shape index (κ3) is 3.43. The molecule has 2 N–H and O–H groups in total. The van der Waals surface area contributed by atoms with Crippen LogP contribution in [0.15, 0.2) is 36.4 Å². The summed E-state index contributed by atoms with van der Waals surface area (Å²) in [5, 5.41) is 14.0. The molecule has 1 atom stereocenters. The summed E-state index contributed by atoms with van der Waals surface area (Å²) in [6.45, 7) is 1.77. The summed E-state index contributed by atoms with van der Waals surface area (Å²) in [7, 11) is 0. The Hall–Kier alpha value is -1.95. The smallest absolute Gasteiger partial charge is 0.252 e. The number of hydrogen-bond acceptors (Lipinski definition) is 4. The largest absolute Gasteiger partial charge is 0.454 e. The van der Waals surface area contributed by atoms with E-state index in [-0.39, 0.29) is 18.4 Å². The first-order chi connectivity index (χ1) is 11.4. The Kier molecular flexibility index (Phi) is 4.58. The summed E-state index contributed by atoms with van der Waals surface area (Å²) in [5.41, 5.74) is -0.382. The molecule has 0 aliphatic carbocycles. The van der Waals surface area contributed by atoms with Crippen molar-refractivity contribution in [1.82, 2.24) is 5.32 Å². The highest BCUT2D eigenvalue weighted by atomic mass is 35.5. The minimum Gasteiger partial charge on any atom is -0.454 e. The van der Waals surface area contributed by atoms with E-state index in [0.29, 0.717) is 27.6 Å². The second-order valence-electron chi connectivity index (χ2n) is 5.65. The molecular weight excluding hydrogens is 353 g/mol. The van der Waals surface area contributed by atoms with E-state index in [2.05, 4.69) is 5.32 Å². The van der Waals surface area contributed by atoms with Gasteiger partial charge >= 0.3 is 0 Å². The number of halogens is 2. The van der Waals surface area contributed by atoms with E-state index in [1.807, 2.05) is 0 Å². The molecule has 0 radical (unpaired) electrons. The zero-order chi connectivity index (χ0) is 17.3. The Balaban J connectivity index is 1.71. The molecule has 0 spiro atoms. The lowest BCUT2D eigenvalue weighted by molar-refractivity contribution is 0.0525. The zero-order valence-corrected chi connectivity index (χ0v) is 14.3. The van der Waals surface area contributed by atoms with Crippen molar-refractivity contribution >= 4 is 29.1 Å².